The zero-order chi connectivity index (χ0) is 15.6. The lowest BCUT2D eigenvalue weighted by atomic mass is 10.1. The summed E-state index contributed by atoms with van der Waals surface area (Å²) in [5.41, 5.74) is -0.321. The lowest BCUT2D eigenvalue weighted by molar-refractivity contribution is -0.137. The number of nitrogens with zero attached hydrogens (tertiary/aromatic N) is 1. The average Bonchev–Trinajstić information content (AvgIpc) is 2.45. The maximum atomic E-state index is 12.7. The number of carbonyl (C=O) groups is 1. The number of alkyl halides is 3. The molecule has 0 saturated heterocycles. The summed E-state index contributed by atoms with van der Waals surface area (Å²) < 4.78 is 42.7. The van der Waals surface area contributed by atoms with Crippen LogP contribution < -0.4 is 0 Å². The summed E-state index contributed by atoms with van der Waals surface area (Å²) in [7, 11) is 1.20. The number of carbonyl (C=O) groups excluding carboxylic acids is 1. The van der Waals surface area contributed by atoms with E-state index < -0.39 is 17.7 Å². The maximum Gasteiger partial charge on any atom is 0.416 e. The minimum atomic E-state index is -4.46. The average molecular weight is 316 g/mol. The number of benzene rings is 1. The second-order valence-electron chi connectivity index (χ2n) is 4.13. The van der Waals surface area contributed by atoms with Crippen molar-refractivity contribution in [2.75, 3.05) is 7.11 Å². The first-order valence-corrected chi connectivity index (χ1v) is 6.12. The molecule has 0 aliphatic carbocycles. The van der Waals surface area contributed by atoms with Gasteiger partial charge in [-0.15, -0.1) is 0 Å². The van der Waals surface area contributed by atoms with E-state index in [4.69, 9.17) is 11.6 Å². The zero-order valence-corrected chi connectivity index (χ0v) is 11.5. The number of hydrogen-bond donors (Lipinski definition) is 0. The number of pyridine rings is 1. The fourth-order valence-corrected chi connectivity index (χ4v) is 1.94. The van der Waals surface area contributed by atoms with Gasteiger partial charge in [0, 0.05) is 5.56 Å². The molecule has 0 aliphatic rings. The lowest BCUT2D eigenvalue weighted by Crippen LogP contribution is -2.05. The third kappa shape index (κ3) is 3.52. The lowest BCUT2D eigenvalue weighted by Gasteiger charge is -2.09. The van der Waals surface area contributed by atoms with Crippen LogP contribution in [0.3, 0.4) is 0 Å². The molecule has 1 aromatic carbocycles. The van der Waals surface area contributed by atoms with Crippen LogP contribution in [0, 0.1) is 0 Å². The van der Waals surface area contributed by atoms with Gasteiger partial charge in [0.25, 0.3) is 0 Å². The molecule has 0 amide bonds. The molecular weight excluding hydrogens is 307 g/mol. The first kappa shape index (κ1) is 15.3. The van der Waals surface area contributed by atoms with Gasteiger partial charge in [0.15, 0.2) is 0 Å². The summed E-state index contributed by atoms with van der Waals surface area (Å²) in [6.07, 6.45) is -4.46. The van der Waals surface area contributed by atoms with E-state index in [0.29, 0.717) is 0 Å². The van der Waals surface area contributed by atoms with Crippen LogP contribution in [0.2, 0.25) is 5.15 Å². The Balaban J connectivity index is 2.52. The van der Waals surface area contributed by atoms with Gasteiger partial charge in [-0.3, -0.25) is 0 Å². The fraction of sp³-hybridized carbons (Fsp3) is 0.143. The van der Waals surface area contributed by atoms with Crippen LogP contribution in [-0.2, 0) is 10.9 Å². The monoisotopic (exact) mass is 315 g/mol. The smallest absolute Gasteiger partial charge is 0.416 e. The SMILES string of the molecule is COC(=O)c1cc(Cl)nc(-c2cccc(C(F)(F)F)c2)c1. The Bertz CT molecular complexity index is 686. The number of rotatable bonds is 2. The molecule has 1 aromatic heterocycles. The van der Waals surface area contributed by atoms with Crippen LogP contribution in [0.1, 0.15) is 15.9 Å². The van der Waals surface area contributed by atoms with E-state index in [2.05, 4.69) is 9.72 Å². The van der Waals surface area contributed by atoms with Gasteiger partial charge >= 0.3 is 12.1 Å². The van der Waals surface area contributed by atoms with E-state index in [0.717, 1.165) is 12.1 Å². The molecule has 0 unspecified atom stereocenters. The van der Waals surface area contributed by atoms with Crippen LogP contribution in [0.5, 0.6) is 0 Å². The van der Waals surface area contributed by atoms with Crippen molar-refractivity contribution in [3.8, 4) is 11.3 Å². The Morgan fingerprint density at radius 2 is 1.95 bits per heavy atom. The number of ether oxygens (including phenoxy) is 1. The third-order valence-electron chi connectivity index (χ3n) is 2.70. The van der Waals surface area contributed by atoms with Crippen molar-refractivity contribution in [3.05, 3.63) is 52.7 Å². The number of hydrogen-bond acceptors (Lipinski definition) is 3. The van der Waals surface area contributed by atoms with Gasteiger partial charge in [0.05, 0.1) is 23.9 Å². The Kier molecular flexibility index (Phi) is 4.18. The summed E-state index contributed by atoms with van der Waals surface area (Å²) in [5, 5.41) is -0.00897. The summed E-state index contributed by atoms with van der Waals surface area (Å²) in [6.45, 7) is 0. The van der Waals surface area contributed by atoms with E-state index >= 15 is 0 Å². The van der Waals surface area contributed by atoms with E-state index in [1.165, 1.54) is 31.4 Å². The second kappa shape index (κ2) is 5.73. The normalized spacial score (nSPS) is 11.3. The maximum absolute atomic E-state index is 12.7. The first-order valence-electron chi connectivity index (χ1n) is 5.75. The molecule has 0 spiro atoms. The molecule has 21 heavy (non-hydrogen) atoms. The molecule has 0 atom stereocenters. The van der Waals surface area contributed by atoms with Crippen LogP contribution in [-0.4, -0.2) is 18.1 Å². The molecule has 3 nitrogen and oxygen atoms in total. The highest BCUT2D eigenvalue weighted by Crippen LogP contribution is 2.32. The van der Waals surface area contributed by atoms with E-state index in [1.807, 2.05) is 0 Å². The summed E-state index contributed by atoms with van der Waals surface area (Å²) in [4.78, 5) is 15.4. The highest BCUT2D eigenvalue weighted by molar-refractivity contribution is 6.29. The Morgan fingerprint density at radius 1 is 1.24 bits per heavy atom. The fourth-order valence-electron chi connectivity index (χ4n) is 1.74. The van der Waals surface area contributed by atoms with Crippen molar-refractivity contribution in [2.24, 2.45) is 0 Å². The molecule has 7 heteroatoms. The van der Waals surface area contributed by atoms with Gasteiger partial charge in [-0.05, 0) is 24.3 Å². The standard InChI is InChI=1S/C14H9ClF3NO2/c1-21-13(20)9-6-11(19-12(15)7-9)8-3-2-4-10(5-8)14(16,17)18/h2-7H,1H3. The Labute approximate surface area is 123 Å². The molecule has 0 radical (unpaired) electrons. The number of esters is 1. The summed E-state index contributed by atoms with van der Waals surface area (Å²) in [6, 6.07) is 7.22. The van der Waals surface area contributed by atoms with Crippen molar-refractivity contribution in [1.29, 1.82) is 0 Å². The molecule has 2 aromatic rings. The van der Waals surface area contributed by atoms with Crippen LogP contribution in [0.4, 0.5) is 13.2 Å². The van der Waals surface area contributed by atoms with Crippen molar-refractivity contribution >= 4 is 17.6 Å². The van der Waals surface area contributed by atoms with Crippen LogP contribution >= 0.6 is 11.6 Å². The minimum absolute atomic E-state index is 0.00897. The summed E-state index contributed by atoms with van der Waals surface area (Å²) in [5.74, 6) is -0.646. The van der Waals surface area contributed by atoms with E-state index in [-0.39, 0.29) is 22.0 Å². The van der Waals surface area contributed by atoms with Gasteiger partial charge in [-0.25, -0.2) is 9.78 Å². The predicted molar refractivity (Wildman–Crippen MR) is 71.0 cm³/mol. The highest BCUT2D eigenvalue weighted by atomic mass is 35.5. The zero-order valence-electron chi connectivity index (χ0n) is 10.7. The topological polar surface area (TPSA) is 39.2 Å². The summed E-state index contributed by atoms with van der Waals surface area (Å²) >= 11 is 5.79. The molecule has 1 heterocycles. The molecular formula is C14H9ClF3NO2. The number of methoxy groups -OCH3 is 1. The Morgan fingerprint density at radius 3 is 2.57 bits per heavy atom. The van der Waals surface area contributed by atoms with E-state index in [1.54, 1.807) is 0 Å². The van der Waals surface area contributed by atoms with E-state index in [9.17, 15) is 18.0 Å². The molecule has 0 fully saturated rings. The Hall–Kier alpha value is -2.08. The van der Waals surface area contributed by atoms with Crippen LogP contribution in [0.25, 0.3) is 11.3 Å². The van der Waals surface area contributed by atoms with Gasteiger partial charge < -0.3 is 4.74 Å². The quantitative estimate of drug-likeness (QED) is 0.615. The number of aromatic nitrogens is 1. The first-order chi connectivity index (χ1) is 9.81. The second-order valence-corrected chi connectivity index (χ2v) is 4.52. The number of halogens is 4. The highest BCUT2D eigenvalue weighted by Gasteiger charge is 2.30. The molecule has 0 aliphatic heterocycles. The molecule has 2 rings (SSSR count). The van der Waals surface area contributed by atoms with Gasteiger partial charge in [0.1, 0.15) is 5.15 Å². The van der Waals surface area contributed by atoms with Gasteiger partial charge in [-0.2, -0.15) is 13.2 Å². The van der Waals surface area contributed by atoms with Gasteiger partial charge in [0.2, 0.25) is 0 Å². The third-order valence-corrected chi connectivity index (χ3v) is 2.89. The molecule has 0 saturated carbocycles. The molecule has 0 N–H and O–H groups in total. The van der Waals surface area contributed by atoms with Crippen molar-refractivity contribution < 1.29 is 22.7 Å². The van der Waals surface area contributed by atoms with Crippen molar-refractivity contribution in [2.45, 2.75) is 6.18 Å². The predicted octanol–water partition coefficient (Wildman–Crippen LogP) is 4.21. The molecule has 110 valence electrons. The van der Waals surface area contributed by atoms with Gasteiger partial charge in [-0.1, -0.05) is 23.7 Å². The molecule has 0 bridgehead atoms. The van der Waals surface area contributed by atoms with Crippen LogP contribution in [0.15, 0.2) is 36.4 Å². The largest absolute Gasteiger partial charge is 0.465 e. The van der Waals surface area contributed by atoms with Crippen molar-refractivity contribution in [3.63, 3.8) is 0 Å². The minimum Gasteiger partial charge on any atom is -0.465 e. The van der Waals surface area contributed by atoms with Crippen molar-refractivity contribution in [1.82, 2.24) is 4.98 Å².